The van der Waals surface area contributed by atoms with E-state index in [1.807, 2.05) is 24.7 Å². The number of para-hydroxylation sites is 1. The lowest BCUT2D eigenvalue weighted by molar-refractivity contribution is 0.170. The number of hydrogen-bond acceptors (Lipinski definition) is 4. The molecule has 2 aromatic rings. The first kappa shape index (κ1) is 16.2. The second-order valence-electron chi connectivity index (χ2n) is 6.15. The fraction of sp³-hybridized carbons (Fsp3) is 0.500. The van der Waals surface area contributed by atoms with Crippen molar-refractivity contribution in [3.05, 3.63) is 23.0 Å². The van der Waals surface area contributed by atoms with Gasteiger partial charge in [0.05, 0.1) is 15.9 Å². The van der Waals surface area contributed by atoms with Gasteiger partial charge in [0.15, 0.2) is 14.6 Å². The predicted octanol–water partition coefficient (Wildman–Crippen LogP) is 2.44. The molecular weight excluding hydrogens is 306 g/mol. The van der Waals surface area contributed by atoms with Crippen molar-refractivity contribution in [2.75, 3.05) is 20.4 Å². The van der Waals surface area contributed by atoms with E-state index in [9.17, 15) is 8.42 Å². The maximum atomic E-state index is 11.9. The van der Waals surface area contributed by atoms with Crippen molar-refractivity contribution in [2.45, 2.75) is 30.8 Å². The van der Waals surface area contributed by atoms with E-state index in [4.69, 9.17) is 12.2 Å². The summed E-state index contributed by atoms with van der Waals surface area (Å²) in [5.74, 6) is 0. The molecule has 2 rings (SSSR count). The van der Waals surface area contributed by atoms with Crippen LogP contribution in [-0.2, 0) is 16.4 Å². The standard InChI is InChI=1S/C14H21N3O2S2/c1-14(2,16(3)4)9-17-10-7-6-8-11(21(5,18)19)12(10)15-13(17)20/h6-8H,9H2,1-5H3,(H,15,20). The Morgan fingerprint density at radius 1 is 1.33 bits per heavy atom. The van der Waals surface area contributed by atoms with E-state index >= 15 is 0 Å². The molecule has 0 spiro atoms. The van der Waals surface area contributed by atoms with E-state index < -0.39 is 9.84 Å². The van der Waals surface area contributed by atoms with Crippen molar-refractivity contribution < 1.29 is 8.42 Å². The SMILES string of the molecule is CN(C)C(C)(C)Cn1c(=S)[nH]c2c(S(C)(=O)=O)cccc21. The molecule has 1 N–H and O–H groups in total. The van der Waals surface area contributed by atoms with Gasteiger partial charge in [0.25, 0.3) is 0 Å². The van der Waals surface area contributed by atoms with Gasteiger partial charge in [-0.2, -0.15) is 0 Å². The minimum atomic E-state index is -3.29. The first-order chi connectivity index (χ1) is 9.54. The molecular formula is C14H21N3O2S2. The molecule has 0 aliphatic heterocycles. The number of hydrogen-bond donors (Lipinski definition) is 1. The largest absolute Gasteiger partial charge is 0.329 e. The summed E-state index contributed by atoms with van der Waals surface area (Å²) in [6.07, 6.45) is 1.21. The highest BCUT2D eigenvalue weighted by molar-refractivity contribution is 7.91. The Balaban J connectivity index is 2.68. The maximum Gasteiger partial charge on any atom is 0.178 e. The monoisotopic (exact) mass is 327 g/mol. The second kappa shape index (κ2) is 5.23. The predicted molar refractivity (Wildman–Crippen MR) is 88.0 cm³/mol. The van der Waals surface area contributed by atoms with Crippen LogP contribution in [0.2, 0.25) is 0 Å². The van der Waals surface area contributed by atoms with Gasteiger partial charge in [-0.25, -0.2) is 8.42 Å². The number of rotatable bonds is 4. The van der Waals surface area contributed by atoms with Gasteiger partial charge in [0.2, 0.25) is 0 Å². The molecule has 0 radical (unpaired) electrons. The molecule has 0 fully saturated rings. The molecule has 0 unspecified atom stereocenters. The average molecular weight is 327 g/mol. The molecule has 0 aliphatic rings. The van der Waals surface area contributed by atoms with Crippen molar-refractivity contribution >= 4 is 33.1 Å². The van der Waals surface area contributed by atoms with Crippen LogP contribution in [0.3, 0.4) is 0 Å². The molecule has 0 bridgehead atoms. The normalized spacial score (nSPS) is 13.2. The van der Waals surface area contributed by atoms with E-state index in [1.165, 1.54) is 6.26 Å². The van der Waals surface area contributed by atoms with E-state index in [-0.39, 0.29) is 10.4 Å². The number of fused-ring (bicyclic) bond motifs is 1. The number of aromatic nitrogens is 2. The Bertz CT molecular complexity index is 830. The molecule has 1 aromatic carbocycles. The Kier molecular flexibility index (Phi) is 4.03. The van der Waals surface area contributed by atoms with Crippen LogP contribution >= 0.6 is 12.2 Å². The zero-order chi connectivity index (χ0) is 16.0. The molecule has 1 heterocycles. The van der Waals surface area contributed by atoms with Crippen LogP contribution in [0, 0.1) is 4.77 Å². The minimum absolute atomic E-state index is 0.103. The van der Waals surface area contributed by atoms with Crippen molar-refractivity contribution in [3.8, 4) is 0 Å². The van der Waals surface area contributed by atoms with Crippen molar-refractivity contribution in [1.82, 2.24) is 14.5 Å². The third-order valence-corrected chi connectivity index (χ3v) is 5.39. The van der Waals surface area contributed by atoms with Gasteiger partial charge in [0, 0.05) is 18.3 Å². The summed E-state index contributed by atoms with van der Waals surface area (Å²) < 4.78 is 26.3. The lowest BCUT2D eigenvalue weighted by Gasteiger charge is -2.33. The zero-order valence-electron chi connectivity index (χ0n) is 13.0. The van der Waals surface area contributed by atoms with Gasteiger partial charge in [-0.05, 0) is 52.3 Å². The molecule has 0 saturated heterocycles. The summed E-state index contributed by atoms with van der Waals surface area (Å²) >= 11 is 5.38. The second-order valence-corrected chi connectivity index (χ2v) is 8.52. The maximum absolute atomic E-state index is 11.9. The molecule has 1 aromatic heterocycles. The van der Waals surface area contributed by atoms with Gasteiger partial charge in [-0.15, -0.1) is 0 Å². The third kappa shape index (κ3) is 3.04. The highest BCUT2D eigenvalue weighted by Gasteiger charge is 2.23. The number of H-pyrrole nitrogens is 1. The lowest BCUT2D eigenvalue weighted by atomic mass is 10.0. The Morgan fingerprint density at radius 3 is 2.48 bits per heavy atom. The van der Waals surface area contributed by atoms with E-state index in [0.717, 1.165) is 5.52 Å². The summed E-state index contributed by atoms with van der Waals surface area (Å²) in [5.41, 5.74) is 1.30. The highest BCUT2D eigenvalue weighted by atomic mass is 32.2. The Hall–Kier alpha value is -1.18. The number of aromatic amines is 1. The van der Waals surface area contributed by atoms with Crippen LogP contribution in [0.1, 0.15) is 13.8 Å². The summed E-state index contributed by atoms with van der Waals surface area (Å²) in [7, 11) is 0.734. The fourth-order valence-corrected chi connectivity index (χ4v) is 3.27. The van der Waals surface area contributed by atoms with E-state index in [2.05, 4.69) is 23.7 Å². The van der Waals surface area contributed by atoms with Crippen LogP contribution in [0.15, 0.2) is 23.1 Å². The van der Waals surface area contributed by atoms with Crippen molar-refractivity contribution in [1.29, 1.82) is 0 Å². The van der Waals surface area contributed by atoms with Crippen LogP contribution in [0.4, 0.5) is 0 Å². The first-order valence-corrected chi connectivity index (χ1v) is 8.93. The Morgan fingerprint density at radius 2 is 1.95 bits per heavy atom. The summed E-state index contributed by atoms with van der Waals surface area (Å²) in [4.78, 5) is 5.45. The zero-order valence-corrected chi connectivity index (χ0v) is 14.6. The molecule has 5 nitrogen and oxygen atoms in total. The smallest absolute Gasteiger partial charge is 0.178 e. The first-order valence-electron chi connectivity index (χ1n) is 6.63. The van der Waals surface area contributed by atoms with Gasteiger partial charge >= 0.3 is 0 Å². The molecule has 0 saturated carbocycles. The van der Waals surface area contributed by atoms with Crippen molar-refractivity contribution in [2.24, 2.45) is 0 Å². The number of benzene rings is 1. The van der Waals surface area contributed by atoms with Crippen LogP contribution in [-0.4, -0.2) is 48.8 Å². The van der Waals surface area contributed by atoms with Gasteiger partial charge in [-0.1, -0.05) is 6.07 Å². The fourth-order valence-electron chi connectivity index (χ4n) is 2.15. The molecule has 7 heteroatoms. The summed E-state index contributed by atoms with van der Waals surface area (Å²) in [5, 5.41) is 0. The van der Waals surface area contributed by atoms with E-state index in [1.54, 1.807) is 12.1 Å². The summed E-state index contributed by atoms with van der Waals surface area (Å²) in [6.45, 7) is 4.91. The number of nitrogens with one attached hydrogen (secondary N) is 1. The number of sulfone groups is 1. The molecule has 21 heavy (non-hydrogen) atoms. The Labute approximate surface area is 130 Å². The molecule has 0 amide bonds. The van der Waals surface area contributed by atoms with Crippen LogP contribution in [0.5, 0.6) is 0 Å². The van der Waals surface area contributed by atoms with Crippen molar-refractivity contribution in [3.63, 3.8) is 0 Å². The van der Waals surface area contributed by atoms with E-state index in [0.29, 0.717) is 16.8 Å². The average Bonchev–Trinajstić information content (AvgIpc) is 2.64. The van der Waals surface area contributed by atoms with Gasteiger partial charge in [0.1, 0.15) is 0 Å². The molecule has 0 atom stereocenters. The van der Waals surface area contributed by atoms with Gasteiger partial charge < -0.3 is 14.5 Å². The van der Waals surface area contributed by atoms with Crippen LogP contribution in [0.25, 0.3) is 11.0 Å². The number of imidazole rings is 1. The lowest BCUT2D eigenvalue weighted by Crippen LogP contribution is -2.42. The molecule has 0 aliphatic carbocycles. The number of likely N-dealkylation sites (N-methyl/N-ethyl adjacent to an activating group) is 1. The quantitative estimate of drug-likeness (QED) is 0.876. The topological polar surface area (TPSA) is 58.1 Å². The minimum Gasteiger partial charge on any atom is -0.329 e. The number of nitrogens with zero attached hydrogens (tertiary/aromatic N) is 2. The third-order valence-electron chi connectivity index (χ3n) is 3.93. The molecule has 116 valence electrons. The van der Waals surface area contributed by atoms with Gasteiger partial charge in [-0.3, -0.25) is 0 Å². The highest BCUT2D eigenvalue weighted by Crippen LogP contribution is 2.24. The summed E-state index contributed by atoms with van der Waals surface area (Å²) in [6, 6.07) is 5.24. The van der Waals surface area contributed by atoms with Crippen LogP contribution < -0.4 is 0 Å².